The zero-order valence-corrected chi connectivity index (χ0v) is 31.9. The van der Waals surface area contributed by atoms with Crippen LogP contribution in [0, 0.1) is 29.1 Å². The highest BCUT2D eigenvalue weighted by Crippen LogP contribution is 2.64. The molecule has 0 spiro atoms. The van der Waals surface area contributed by atoms with Crippen LogP contribution in [-0.4, -0.2) is 113 Å². The number of ketones is 1. The number of rotatable bonds is 7. The molecule has 0 aromatic rings. The SMILES string of the molecule is CC[C@@]12C[C@@]1(C)[C@H](O)[C@@H](C)C(=O)[C@H](C)C[C@](C)(O)[C@H](OC1CC(NC)CC(C)O1)[C@@H](C)[C@H](OC1CC(C)(OC)C(O)C(C)O1)[C@@H](C)C(=O)O2. The van der Waals surface area contributed by atoms with Gasteiger partial charge in [0.15, 0.2) is 12.6 Å². The van der Waals surface area contributed by atoms with Crippen LogP contribution in [0.4, 0.5) is 0 Å². The summed E-state index contributed by atoms with van der Waals surface area (Å²) in [5, 5.41) is 38.2. The van der Waals surface area contributed by atoms with Crippen molar-refractivity contribution >= 4 is 11.8 Å². The molecule has 3 heterocycles. The molecule has 284 valence electrons. The van der Waals surface area contributed by atoms with Gasteiger partial charge < -0.3 is 49.1 Å². The number of carbonyl (C=O) groups is 2. The molecule has 3 saturated heterocycles. The van der Waals surface area contributed by atoms with Crippen LogP contribution >= 0.6 is 0 Å². The topological polar surface area (TPSA) is 162 Å². The van der Waals surface area contributed by atoms with Crippen LogP contribution in [0.15, 0.2) is 0 Å². The zero-order chi connectivity index (χ0) is 36.9. The van der Waals surface area contributed by atoms with Crippen LogP contribution in [0.25, 0.3) is 0 Å². The molecule has 1 aliphatic carbocycles. The number of aliphatic hydroxyl groups is 3. The fourth-order valence-electron chi connectivity index (χ4n) is 9.15. The van der Waals surface area contributed by atoms with E-state index in [9.17, 15) is 24.9 Å². The minimum absolute atomic E-state index is 0.0434. The molecule has 0 aromatic carbocycles. The van der Waals surface area contributed by atoms with E-state index in [1.54, 1.807) is 41.5 Å². The third kappa shape index (κ3) is 7.93. The lowest BCUT2D eigenvalue weighted by Crippen LogP contribution is -2.59. The Morgan fingerprint density at radius 1 is 0.898 bits per heavy atom. The van der Waals surface area contributed by atoms with Crippen LogP contribution in [0.3, 0.4) is 0 Å². The van der Waals surface area contributed by atoms with E-state index in [0.29, 0.717) is 19.3 Å². The van der Waals surface area contributed by atoms with Crippen molar-refractivity contribution in [2.24, 2.45) is 29.1 Å². The van der Waals surface area contributed by atoms with E-state index < -0.39 is 95.0 Å². The third-order valence-corrected chi connectivity index (χ3v) is 12.7. The van der Waals surface area contributed by atoms with Gasteiger partial charge in [-0.15, -0.1) is 0 Å². The summed E-state index contributed by atoms with van der Waals surface area (Å²) in [6, 6.07) is 0.129. The monoisotopic (exact) mass is 699 g/mol. The second kappa shape index (κ2) is 15.0. The molecule has 49 heavy (non-hydrogen) atoms. The Hall–Kier alpha value is -1.22. The van der Waals surface area contributed by atoms with Gasteiger partial charge in [0.05, 0.1) is 47.6 Å². The van der Waals surface area contributed by atoms with E-state index >= 15 is 0 Å². The minimum Gasteiger partial charge on any atom is -0.458 e. The van der Waals surface area contributed by atoms with Crippen molar-refractivity contribution in [2.75, 3.05) is 14.2 Å². The summed E-state index contributed by atoms with van der Waals surface area (Å²) in [4.78, 5) is 28.1. The van der Waals surface area contributed by atoms with Gasteiger partial charge in [0.25, 0.3) is 0 Å². The van der Waals surface area contributed by atoms with Gasteiger partial charge in [-0.3, -0.25) is 9.59 Å². The molecular weight excluding hydrogens is 634 g/mol. The van der Waals surface area contributed by atoms with E-state index in [-0.39, 0.29) is 30.8 Å². The first-order valence-corrected chi connectivity index (χ1v) is 18.4. The van der Waals surface area contributed by atoms with Gasteiger partial charge in [-0.2, -0.15) is 0 Å². The molecule has 0 aromatic heterocycles. The maximum atomic E-state index is 14.2. The highest BCUT2D eigenvalue weighted by atomic mass is 16.7. The Morgan fingerprint density at radius 2 is 1.55 bits per heavy atom. The Kier molecular flexibility index (Phi) is 12.4. The van der Waals surface area contributed by atoms with Gasteiger partial charge in [0, 0.05) is 49.2 Å². The summed E-state index contributed by atoms with van der Waals surface area (Å²) >= 11 is 0. The Balaban J connectivity index is 1.79. The number of nitrogens with one attached hydrogen (secondary N) is 1. The van der Waals surface area contributed by atoms with Gasteiger partial charge in [-0.05, 0) is 67.3 Å². The van der Waals surface area contributed by atoms with Crippen molar-refractivity contribution in [3.8, 4) is 0 Å². The molecule has 3 aliphatic heterocycles. The molecule has 1 saturated carbocycles. The predicted octanol–water partition coefficient (Wildman–Crippen LogP) is 3.50. The lowest BCUT2D eigenvalue weighted by atomic mass is 9.74. The molecule has 0 bridgehead atoms. The first-order chi connectivity index (χ1) is 22.7. The molecule has 0 amide bonds. The highest BCUT2D eigenvalue weighted by Gasteiger charge is 2.71. The Labute approximate surface area is 293 Å². The summed E-state index contributed by atoms with van der Waals surface area (Å²) in [5.41, 5.74) is -4.33. The average Bonchev–Trinajstić information content (AvgIpc) is 3.66. The number of aliphatic hydroxyl groups excluding tert-OH is 2. The molecule has 12 nitrogen and oxygen atoms in total. The zero-order valence-electron chi connectivity index (χ0n) is 31.9. The van der Waals surface area contributed by atoms with Gasteiger partial charge in [-0.25, -0.2) is 0 Å². The number of methoxy groups -OCH3 is 1. The van der Waals surface area contributed by atoms with Crippen molar-refractivity contribution < 1.29 is 53.3 Å². The first kappa shape index (κ1) is 40.5. The Bertz CT molecular complexity index is 1170. The largest absolute Gasteiger partial charge is 0.458 e. The molecule has 4 rings (SSSR count). The summed E-state index contributed by atoms with van der Waals surface area (Å²) in [7, 11) is 3.42. The van der Waals surface area contributed by atoms with Gasteiger partial charge >= 0.3 is 5.97 Å². The maximum Gasteiger partial charge on any atom is 0.311 e. The summed E-state index contributed by atoms with van der Waals surface area (Å²) in [6.07, 6.45) is -3.67. The maximum absolute atomic E-state index is 14.2. The number of hydrogen-bond donors (Lipinski definition) is 4. The molecule has 17 atom stereocenters. The molecule has 4 fully saturated rings. The number of ether oxygens (including phenoxy) is 6. The number of hydrogen-bond acceptors (Lipinski definition) is 12. The quantitative estimate of drug-likeness (QED) is 0.287. The number of esters is 1. The summed E-state index contributed by atoms with van der Waals surface area (Å²) in [6.45, 7) is 18.0. The second-order valence-electron chi connectivity index (χ2n) is 16.5. The van der Waals surface area contributed by atoms with E-state index in [4.69, 9.17) is 28.4 Å². The average molecular weight is 700 g/mol. The molecule has 4 N–H and O–H groups in total. The lowest BCUT2D eigenvalue weighted by Gasteiger charge is -2.48. The molecule has 0 radical (unpaired) electrons. The number of carbonyl (C=O) groups excluding carboxylic acids is 2. The van der Waals surface area contributed by atoms with Gasteiger partial charge in [0.1, 0.15) is 17.5 Å². The van der Waals surface area contributed by atoms with Gasteiger partial charge in [0.2, 0.25) is 0 Å². The smallest absolute Gasteiger partial charge is 0.311 e. The summed E-state index contributed by atoms with van der Waals surface area (Å²) < 4.78 is 37.9. The molecule has 7 unspecified atom stereocenters. The summed E-state index contributed by atoms with van der Waals surface area (Å²) in [5.74, 6) is -3.58. The van der Waals surface area contributed by atoms with Gasteiger partial charge in [-0.1, -0.05) is 34.6 Å². The lowest BCUT2D eigenvalue weighted by molar-refractivity contribution is -0.307. The normalized spacial score (nSPS) is 51.8. The van der Waals surface area contributed by atoms with Crippen molar-refractivity contribution in [3.63, 3.8) is 0 Å². The second-order valence-corrected chi connectivity index (χ2v) is 16.5. The van der Waals surface area contributed by atoms with E-state index in [2.05, 4.69) is 5.32 Å². The third-order valence-electron chi connectivity index (χ3n) is 12.7. The number of fused-ring (bicyclic) bond motifs is 1. The van der Waals surface area contributed by atoms with E-state index in [1.165, 1.54) is 7.11 Å². The molecular formula is C37H65NO11. The van der Waals surface area contributed by atoms with E-state index in [1.807, 2.05) is 34.7 Å². The Morgan fingerprint density at radius 3 is 2.14 bits per heavy atom. The minimum atomic E-state index is -1.59. The van der Waals surface area contributed by atoms with Crippen LogP contribution in [-0.2, 0) is 38.0 Å². The van der Waals surface area contributed by atoms with Crippen molar-refractivity contribution in [1.29, 1.82) is 0 Å². The number of Topliss-reactive ketones (excluding diaryl/α,β-unsaturated/α-hetero) is 1. The molecule has 12 heteroatoms. The highest BCUT2D eigenvalue weighted by molar-refractivity contribution is 5.83. The standard InChI is InChI=1S/C37H65NO11/c1-13-37-18-34(37,8)30(40)21(4)28(39)19(2)16-35(9,43)32(48-26-15-25(38-11)14-20(3)45-26)22(5)29(23(6)33(42)49-37)47-27-17-36(10,44-12)31(41)24(7)46-27/h19-27,29-32,38,40-41,43H,13-18H2,1-12H3/t19-,20?,21+,22+,23-,24?,25?,26?,27?,29+,30-,31?,32-,34+,35+,36?,37-/m1/s1. The van der Waals surface area contributed by atoms with Crippen LogP contribution in [0.1, 0.15) is 108 Å². The van der Waals surface area contributed by atoms with Crippen molar-refractivity contribution in [1.82, 2.24) is 5.32 Å². The van der Waals surface area contributed by atoms with Crippen LogP contribution < -0.4 is 5.32 Å². The van der Waals surface area contributed by atoms with Crippen molar-refractivity contribution in [3.05, 3.63) is 0 Å². The predicted molar refractivity (Wildman–Crippen MR) is 181 cm³/mol. The fourth-order valence-corrected chi connectivity index (χ4v) is 9.15. The van der Waals surface area contributed by atoms with Crippen LogP contribution in [0.5, 0.6) is 0 Å². The first-order valence-electron chi connectivity index (χ1n) is 18.4. The molecule has 4 aliphatic rings. The fraction of sp³-hybridized carbons (Fsp3) is 0.946. The van der Waals surface area contributed by atoms with E-state index in [0.717, 1.165) is 6.42 Å². The van der Waals surface area contributed by atoms with Crippen molar-refractivity contribution in [2.45, 2.75) is 180 Å². The van der Waals surface area contributed by atoms with Crippen LogP contribution in [0.2, 0.25) is 0 Å².